The van der Waals surface area contributed by atoms with Gasteiger partial charge in [0.2, 0.25) is 0 Å². The largest absolute Gasteiger partial charge is 0.506 e. The molecule has 3 heterocycles. The number of nitrogens with one attached hydrogen (secondary N) is 3. The Morgan fingerprint density at radius 3 is 2.45 bits per heavy atom. The summed E-state index contributed by atoms with van der Waals surface area (Å²) in [5, 5.41) is 19.5. The second-order valence-electron chi connectivity index (χ2n) is 9.94. The molecule has 10 nitrogen and oxygen atoms in total. The Hall–Kier alpha value is -3.93. The third kappa shape index (κ3) is 8.16. The fourth-order valence-corrected chi connectivity index (χ4v) is 5.06. The first-order chi connectivity index (χ1) is 20.8. The normalized spacial score (nSPS) is 13.1. The van der Waals surface area contributed by atoms with Crippen LogP contribution in [0.4, 0.5) is 11.5 Å². The van der Waals surface area contributed by atoms with Crippen molar-refractivity contribution in [3.05, 3.63) is 105 Å². The molecule has 44 heavy (non-hydrogen) atoms. The van der Waals surface area contributed by atoms with Crippen molar-refractivity contribution in [2.45, 2.75) is 25.5 Å². The van der Waals surface area contributed by atoms with Gasteiger partial charge in [-0.2, -0.15) is 0 Å². The van der Waals surface area contributed by atoms with Gasteiger partial charge in [-0.25, -0.2) is 4.98 Å². The van der Waals surface area contributed by atoms with Crippen LogP contribution in [-0.4, -0.2) is 52.3 Å². The van der Waals surface area contributed by atoms with Crippen LogP contribution in [0.1, 0.15) is 33.6 Å². The van der Waals surface area contributed by atoms with Crippen molar-refractivity contribution in [1.29, 1.82) is 0 Å². The number of rotatable bonds is 9. The summed E-state index contributed by atoms with van der Waals surface area (Å²) in [7, 11) is 0. The molecule has 5 rings (SSSR count). The molecule has 2 amide bonds. The molecule has 0 saturated carbocycles. The summed E-state index contributed by atoms with van der Waals surface area (Å²) in [6.45, 7) is 2.76. The van der Waals surface area contributed by atoms with Crippen molar-refractivity contribution in [1.82, 2.24) is 14.9 Å². The highest BCUT2D eigenvalue weighted by molar-refractivity contribution is 6.32. The number of nitrogens with zero attached hydrogens (tertiary/aromatic N) is 2. The molecule has 0 spiro atoms. The average molecular weight is 659 g/mol. The van der Waals surface area contributed by atoms with Crippen molar-refractivity contribution < 1.29 is 19.4 Å². The molecule has 2 aromatic carbocycles. The van der Waals surface area contributed by atoms with E-state index in [1.54, 1.807) is 53.2 Å². The van der Waals surface area contributed by atoms with Crippen LogP contribution in [-0.2, 0) is 11.3 Å². The molecule has 4 aromatic rings. The zero-order valence-corrected chi connectivity index (χ0v) is 25.7. The molecule has 4 N–H and O–H groups in total. The van der Waals surface area contributed by atoms with Gasteiger partial charge in [0.15, 0.2) is 0 Å². The molecule has 0 unspecified atom stereocenters. The lowest BCUT2D eigenvalue weighted by molar-refractivity contribution is 0.0281. The van der Waals surface area contributed by atoms with Gasteiger partial charge in [-0.15, -0.1) is 12.4 Å². The number of benzene rings is 2. The number of aromatic hydroxyl groups is 1. The van der Waals surface area contributed by atoms with Crippen molar-refractivity contribution in [2.75, 3.05) is 30.3 Å². The van der Waals surface area contributed by atoms with Crippen LogP contribution < -0.4 is 21.5 Å². The fraction of sp³-hybridized carbons (Fsp3) is 0.226. The summed E-state index contributed by atoms with van der Waals surface area (Å²) < 4.78 is 7.57. The number of aromatic nitrogens is 2. The summed E-state index contributed by atoms with van der Waals surface area (Å²) in [6.07, 6.45) is 5.23. The SMILES string of the molecule is Cl.O=C(Nc1c(O)cc(Cl)cc1C(=O)Nc1ccc(Cl)cn1)c1ccc(-c2cccn(CCOC3CCNCC3)c2=O)cc1. The predicted molar refractivity (Wildman–Crippen MR) is 173 cm³/mol. The fourth-order valence-electron chi connectivity index (χ4n) is 4.74. The van der Waals surface area contributed by atoms with E-state index in [4.69, 9.17) is 27.9 Å². The van der Waals surface area contributed by atoms with Gasteiger partial charge < -0.3 is 30.4 Å². The number of ether oxygens (including phenoxy) is 1. The van der Waals surface area contributed by atoms with Crippen LogP contribution in [0.2, 0.25) is 10.0 Å². The monoisotopic (exact) mass is 657 g/mol. The molecule has 0 bridgehead atoms. The van der Waals surface area contributed by atoms with Gasteiger partial charge in [0.25, 0.3) is 17.4 Å². The summed E-state index contributed by atoms with van der Waals surface area (Å²) in [5.41, 5.74) is 1.02. The maximum atomic E-state index is 13.2. The molecule has 1 saturated heterocycles. The summed E-state index contributed by atoms with van der Waals surface area (Å²) >= 11 is 11.9. The van der Waals surface area contributed by atoms with Crippen molar-refractivity contribution in [3.8, 4) is 16.9 Å². The first kappa shape index (κ1) is 33.0. The first-order valence-corrected chi connectivity index (χ1v) is 14.4. The van der Waals surface area contributed by atoms with E-state index in [-0.39, 0.29) is 57.5 Å². The number of halogens is 3. The Morgan fingerprint density at radius 2 is 1.75 bits per heavy atom. The average Bonchev–Trinajstić information content (AvgIpc) is 3.01. The highest BCUT2D eigenvalue weighted by atomic mass is 35.5. The van der Waals surface area contributed by atoms with E-state index in [1.807, 2.05) is 0 Å². The Labute approximate surface area is 269 Å². The van der Waals surface area contributed by atoms with Crippen LogP contribution in [0, 0.1) is 0 Å². The number of carbonyl (C=O) groups excluding carboxylic acids is 2. The van der Waals surface area contributed by atoms with E-state index >= 15 is 0 Å². The lowest BCUT2D eigenvalue weighted by atomic mass is 10.0. The highest BCUT2D eigenvalue weighted by Crippen LogP contribution is 2.32. The van der Waals surface area contributed by atoms with Crippen LogP contribution >= 0.6 is 35.6 Å². The zero-order chi connectivity index (χ0) is 30.3. The summed E-state index contributed by atoms with van der Waals surface area (Å²) in [5.74, 6) is -1.40. The van der Waals surface area contributed by atoms with Crippen LogP contribution in [0.15, 0.2) is 77.9 Å². The van der Waals surface area contributed by atoms with E-state index < -0.39 is 11.8 Å². The lowest BCUT2D eigenvalue weighted by Crippen LogP contribution is -2.33. The van der Waals surface area contributed by atoms with E-state index in [0.29, 0.717) is 29.3 Å². The molecule has 0 aliphatic carbocycles. The van der Waals surface area contributed by atoms with Gasteiger partial charge in [0.05, 0.1) is 29.0 Å². The molecular formula is C31H30Cl3N5O5. The molecule has 0 radical (unpaired) electrons. The van der Waals surface area contributed by atoms with Crippen molar-refractivity contribution in [3.63, 3.8) is 0 Å². The number of hydrogen-bond donors (Lipinski definition) is 4. The van der Waals surface area contributed by atoms with Gasteiger partial charge in [-0.3, -0.25) is 14.4 Å². The minimum Gasteiger partial charge on any atom is -0.506 e. The quantitative estimate of drug-likeness (QED) is 0.172. The number of phenolic OH excluding ortho intramolecular Hbond substituents is 1. The van der Waals surface area contributed by atoms with Gasteiger partial charge in [0.1, 0.15) is 11.6 Å². The molecule has 1 aliphatic heterocycles. The highest BCUT2D eigenvalue weighted by Gasteiger charge is 2.20. The smallest absolute Gasteiger partial charge is 0.259 e. The molecule has 0 atom stereocenters. The minimum absolute atomic E-state index is 0. The van der Waals surface area contributed by atoms with Gasteiger partial charge >= 0.3 is 0 Å². The van der Waals surface area contributed by atoms with Crippen LogP contribution in [0.25, 0.3) is 11.1 Å². The van der Waals surface area contributed by atoms with E-state index in [1.165, 1.54) is 24.4 Å². The van der Waals surface area contributed by atoms with E-state index in [0.717, 1.165) is 25.9 Å². The number of piperidine rings is 1. The third-order valence-corrected chi connectivity index (χ3v) is 7.43. The number of amides is 2. The second kappa shape index (κ2) is 15.2. The molecular weight excluding hydrogens is 629 g/mol. The summed E-state index contributed by atoms with van der Waals surface area (Å²) in [4.78, 5) is 43.3. The molecule has 13 heteroatoms. The Kier molecular flexibility index (Phi) is 11.4. The number of hydrogen-bond acceptors (Lipinski definition) is 7. The Morgan fingerprint density at radius 1 is 1.00 bits per heavy atom. The van der Waals surface area contributed by atoms with E-state index in [9.17, 15) is 19.5 Å². The predicted octanol–water partition coefficient (Wildman–Crippen LogP) is 5.62. The molecule has 2 aromatic heterocycles. The number of pyridine rings is 2. The number of carbonyl (C=O) groups is 2. The van der Waals surface area contributed by atoms with Gasteiger partial charge in [0, 0.05) is 41.2 Å². The first-order valence-electron chi connectivity index (χ1n) is 13.7. The molecule has 1 fully saturated rings. The summed E-state index contributed by atoms with van der Waals surface area (Å²) in [6, 6.07) is 15.6. The van der Waals surface area contributed by atoms with Crippen LogP contribution in [0.3, 0.4) is 0 Å². The van der Waals surface area contributed by atoms with Gasteiger partial charge in [-0.05, 0) is 74.0 Å². The number of phenols is 1. The second-order valence-corrected chi connectivity index (χ2v) is 10.8. The maximum Gasteiger partial charge on any atom is 0.259 e. The van der Waals surface area contributed by atoms with Gasteiger partial charge in [-0.1, -0.05) is 35.3 Å². The lowest BCUT2D eigenvalue weighted by Gasteiger charge is -2.23. The number of anilines is 2. The molecule has 1 aliphatic rings. The third-order valence-electron chi connectivity index (χ3n) is 6.98. The molecule has 230 valence electrons. The minimum atomic E-state index is -0.653. The van der Waals surface area contributed by atoms with Crippen molar-refractivity contribution >= 4 is 58.9 Å². The standard InChI is InChI=1S/C31H29Cl2N5O5.ClH/c32-21-7-8-27(35-18-21)36-30(41)25-16-22(33)17-26(39)28(25)37-29(40)20-5-3-19(4-6-20)24-2-1-13-38(31(24)42)14-15-43-23-9-11-34-12-10-23;/h1-8,13,16-18,23,34,39H,9-12,14-15H2,(H,37,40)(H,35,36,41);1H. The topological polar surface area (TPSA) is 135 Å². The zero-order valence-electron chi connectivity index (χ0n) is 23.4. The Balaban J connectivity index is 0.00000442. The van der Waals surface area contributed by atoms with Crippen molar-refractivity contribution in [2.24, 2.45) is 0 Å². The van der Waals surface area contributed by atoms with E-state index in [2.05, 4.69) is 20.9 Å². The van der Waals surface area contributed by atoms with Crippen LogP contribution in [0.5, 0.6) is 5.75 Å². The maximum absolute atomic E-state index is 13.2. The Bertz CT molecular complexity index is 1670.